The number of nitrogens with two attached hydrogens (primary N) is 1. The molecule has 1 aromatic rings. The van der Waals surface area contributed by atoms with Crippen molar-refractivity contribution < 1.29 is 14.3 Å². The van der Waals surface area contributed by atoms with Gasteiger partial charge in [0.1, 0.15) is 6.54 Å². The molecule has 0 aliphatic rings. The van der Waals surface area contributed by atoms with E-state index in [0.717, 1.165) is 5.56 Å². The summed E-state index contributed by atoms with van der Waals surface area (Å²) in [5.74, 6) is -0.842. The molecule has 1 aromatic carbocycles. The normalized spacial score (nSPS) is 9.62. The maximum Gasteiger partial charge on any atom is 0.325 e. The van der Waals surface area contributed by atoms with Crippen molar-refractivity contribution >= 4 is 17.6 Å². The Morgan fingerprint density at radius 2 is 2.12 bits per heavy atom. The molecule has 0 saturated heterocycles. The zero-order valence-electron chi connectivity index (χ0n) is 9.24. The van der Waals surface area contributed by atoms with E-state index in [1.807, 2.05) is 6.92 Å². The van der Waals surface area contributed by atoms with E-state index in [1.54, 1.807) is 18.2 Å². The van der Waals surface area contributed by atoms with Crippen molar-refractivity contribution in [3.8, 4) is 0 Å². The lowest BCUT2D eigenvalue weighted by molar-refractivity contribution is -0.139. The minimum Gasteiger partial charge on any atom is -0.468 e. The molecule has 0 unspecified atom stereocenters. The van der Waals surface area contributed by atoms with Crippen LogP contribution >= 0.6 is 0 Å². The van der Waals surface area contributed by atoms with Gasteiger partial charge in [0.25, 0.3) is 5.91 Å². The number of anilines is 1. The molecule has 0 aromatic heterocycles. The van der Waals surface area contributed by atoms with Gasteiger partial charge in [0.2, 0.25) is 0 Å². The third-order valence-corrected chi connectivity index (χ3v) is 2.16. The monoisotopic (exact) mass is 222 g/mol. The lowest BCUT2D eigenvalue weighted by Crippen LogP contribution is -2.30. The maximum atomic E-state index is 11.6. The van der Waals surface area contributed by atoms with Gasteiger partial charge >= 0.3 is 5.97 Å². The van der Waals surface area contributed by atoms with Crippen molar-refractivity contribution in [1.82, 2.24) is 5.32 Å². The maximum absolute atomic E-state index is 11.6. The summed E-state index contributed by atoms with van der Waals surface area (Å²) in [6.07, 6.45) is 0. The lowest BCUT2D eigenvalue weighted by atomic mass is 10.1. The fraction of sp³-hybridized carbons (Fsp3) is 0.273. The number of hydrogen-bond donors (Lipinski definition) is 2. The first-order chi connectivity index (χ1) is 7.54. The lowest BCUT2D eigenvalue weighted by Gasteiger charge is -2.06. The number of methoxy groups -OCH3 is 1. The molecule has 1 amide bonds. The fourth-order valence-electron chi connectivity index (χ4n) is 1.11. The van der Waals surface area contributed by atoms with Crippen LogP contribution < -0.4 is 11.1 Å². The number of benzene rings is 1. The van der Waals surface area contributed by atoms with Crippen molar-refractivity contribution in [2.75, 3.05) is 19.4 Å². The van der Waals surface area contributed by atoms with Gasteiger partial charge in [-0.25, -0.2) is 0 Å². The van der Waals surface area contributed by atoms with E-state index in [2.05, 4.69) is 10.1 Å². The number of hydrogen-bond acceptors (Lipinski definition) is 4. The first kappa shape index (κ1) is 12.0. The number of amides is 1. The van der Waals surface area contributed by atoms with Gasteiger partial charge in [-0.15, -0.1) is 0 Å². The van der Waals surface area contributed by atoms with Crippen molar-refractivity contribution in [3.63, 3.8) is 0 Å². The quantitative estimate of drug-likeness (QED) is 0.575. The van der Waals surface area contributed by atoms with Gasteiger partial charge in [-0.1, -0.05) is 6.07 Å². The molecule has 16 heavy (non-hydrogen) atoms. The van der Waals surface area contributed by atoms with Crippen molar-refractivity contribution in [1.29, 1.82) is 0 Å². The third kappa shape index (κ3) is 2.98. The molecule has 0 atom stereocenters. The number of esters is 1. The first-order valence-electron chi connectivity index (χ1n) is 4.75. The van der Waals surface area contributed by atoms with Gasteiger partial charge in [-0.2, -0.15) is 0 Å². The van der Waals surface area contributed by atoms with E-state index in [-0.39, 0.29) is 12.5 Å². The first-order valence-corrected chi connectivity index (χ1v) is 4.75. The van der Waals surface area contributed by atoms with Crippen LogP contribution in [0, 0.1) is 6.92 Å². The van der Waals surface area contributed by atoms with Crippen molar-refractivity contribution in [2.24, 2.45) is 0 Å². The summed E-state index contributed by atoms with van der Waals surface area (Å²) in [4.78, 5) is 22.4. The van der Waals surface area contributed by atoms with Crippen LogP contribution in [0.1, 0.15) is 15.9 Å². The van der Waals surface area contributed by atoms with E-state index in [0.29, 0.717) is 11.3 Å². The molecule has 3 N–H and O–H groups in total. The summed E-state index contributed by atoms with van der Waals surface area (Å²) in [5.41, 5.74) is 7.55. The summed E-state index contributed by atoms with van der Waals surface area (Å²) < 4.78 is 4.40. The Labute approximate surface area is 93.6 Å². The summed E-state index contributed by atoms with van der Waals surface area (Å²) in [6.45, 7) is 1.70. The molecule has 0 heterocycles. The summed E-state index contributed by atoms with van der Waals surface area (Å²) in [6, 6.07) is 4.97. The van der Waals surface area contributed by atoms with Crippen LogP contribution in [0.25, 0.3) is 0 Å². The number of rotatable bonds is 3. The molecule has 0 radical (unpaired) electrons. The zero-order valence-corrected chi connectivity index (χ0v) is 9.24. The average molecular weight is 222 g/mol. The van der Waals surface area contributed by atoms with Crippen LogP contribution in [0.4, 0.5) is 5.69 Å². The van der Waals surface area contributed by atoms with Crippen molar-refractivity contribution in [3.05, 3.63) is 29.3 Å². The summed E-state index contributed by atoms with van der Waals surface area (Å²) in [7, 11) is 1.26. The molecule has 5 heteroatoms. The van der Waals surface area contributed by atoms with Crippen LogP contribution in [0.15, 0.2) is 18.2 Å². The minimum absolute atomic E-state index is 0.150. The Morgan fingerprint density at radius 1 is 1.44 bits per heavy atom. The van der Waals surface area contributed by atoms with E-state index in [4.69, 9.17) is 5.73 Å². The average Bonchev–Trinajstić information content (AvgIpc) is 2.29. The van der Waals surface area contributed by atoms with Gasteiger partial charge in [0, 0.05) is 11.3 Å². The number of carbonyl (C=O) groups is 2. The third-order valence-electron chi connectivity index (χ3n) is 2.16. The highest BCUT2D eigenvalue weighted by Gasteiger charge is 2.08. The van der Waals surface area contributed by atoms with Gasteiger partial charge in [0.15, 0.2) is 0 Å². The minimum atomic E-state index is -0.492. The Hall–Kier alpha value is -2.04. The molecular weight excluding hydrogens is 208 g/mol. The second kappa shape index (κ2) is 5.16. The molecule has 0 saturated carbocycles. The van der Waals surface area contributed by atoms with Crippen LogP contribution in [-0.4, -0.2) is 25.5 Å². The fourth-order valence-corrected chi connectivity index (χ4v) is 1.11. The van der Waals surface area contributed by atoms with Gasteiger partial charge in [-0.3, -0.25) is 9.59 Å². The Kier molecular flexibility index (Phi) is 3.88. The molecule has 86 valence electrons. The van der Waals surface area contributed by atoms with Crippen LogP contribution in [0.5, 0.6) is 0 Å². The van der Waals surface area contributed by atoms with Crippen molar-refractivity contribution in [2.45, 2.75) is 6.92 Å². The highest BCUT2D eigenvalue weighted by molar-refractivity contribution is 5.96. The molecule has 0 spiro atoms. The molecule has 0 fully saturated rings. The second-order valence-corrected chi connectivity index (χ2v) is 3.33. The predicted octanol–water partition coefficient (Wildman–Crippen LogP) is 0.480. The Bertz CT molecular complexity index is 416. The number of carbonyl (C=O) groups excluding carboxylic acids is 2. The highest BCUT2D eigenvalue weighted by atomic mass is 16.5. The molecular formula is C11H14N2O3. The predicted molar refractivity (Wildman–Crippen MR) is 59.9 cm³/mol. The van der Waals surface area contributed by atoms with Crippen LogP contribution in [0.2, 0.25) is 0 Å². The largest absolute Gasteiger partial charge is 0.468 e. The topological polar surface area (TPSA) is 81.4 Å². The smallest absolute Gasteiger partial charge is 0.325 e. The summed E-state index contributed by atoms with van der Waals surface area (Å²) >= 11 is 0. The molecule has 5 nitrogen and oxygen atoms in total. The van der Waals surface area contributed by atoms with E-state index in [1.165, 1.54) is 7.11 Å². The van der Waals surface area contributed by atoms with Gasteiger partial charge in [-0.05, 0) is 24.6 Å². The van der Waals surface area contributed by atoms with E-state index in [9.17, 15) is 9.59 Å². The number of aryl methyl sites for hydroxylation is 1. The Morgan fingerprint density at radius 3 is 2.69 bits per heavy atom. The number of nitrogen functional groups attached to an aromatic ring is 1. The molecule has 0 aliphatic carbocycles. The molecule has 1 rings (SSSR count). The standard InChI is InChI=1S/C11H14N2O3/c1-7-3-4-8(5-9(7)12)11(15)13-6-10(14)16-2/h3-5H,6,12H2,1-2H3,(H,13,15). The number of nitrogens with one attached hydrogen (secondary N) is 1. The van der Waals surface area contributed by atoms with Gasteiger partial charge in [0.05, 0.1) is 7.11 Å². The summed E-state index contributed by atoms with van der Waals surface area (Å²) in [5, 5.41) is 2.43. The molecule has 0 bridgehead atoms. The van der Waals surface area contributed by atoms with Gasteiger partial charge < -0.3 is 15.8 Å². The highest BCUT2D eigenvalue weighted by Crippen LogP contribution is 2.12. The van der Waals surface area contributed by atoms with Crippen LogP contribution in [0.3, 0.4) is 0 Å². The Balaban J connectivity index is 2.66. The number of ether oxygens (including phenoxy) is 1. The van der Waals surface area contributed by atoms with E-state index < -0.39 is 5.97 Å². The second-order valence-electron chi connectivity index (χ2n) is 3.33. The molecule has 0 aliphatic heterocycles. The van der Waals surface area contributed by atoms with Crippen LogP contribution in [-0.2, 0) is 9.53 Å². The SMILES string of the molecule is COC(=O)CNC(=O)c1ccc(C)c(N)c1. The van der Waals surface area contributed by atoms with E-state index >= 15 is 0 Å². The zero-order chi connectivity index (χ0) is 12.1.